The molecule has 0 aliphatic rings. The molecular weight excluding hydrogens is 275 g/mol. The number of halogens is 2. The minimum absolute atomic E-state index is 0.347. The van der Waals surface area contributed by atoms with Crippen molar-refractivity contribution in [1.29, 1.82) is 5.26 Å². The lowest BCUT2D eigenvalue weighted by Crippen LogP contribution is -2.17. The molecule has 0 atom stereocenters. The van der Waals surface area contributed by atoms with Crippen molar-refractivity contribution in [1.82, 2.24) is 4.90 Å². The Morgan fingerprint density at radius 1 is 1.10 bits per heavy atom. The van der Waals surface area contributed by atoms with Crippen LogP contribution in [-0.2, 0) is 13.1 Å². The molecule has 20 heavy (non-hydrogen) atoms. The van der Waals surface area contributed by atoms with Gasteiger partial charge in [0.2, 0.25) is 0 Å². The van der Waals surface area contributed by atoms with Gasteiger partial charge in [0.05, 0.1) is 11.6 Å². The van der Waals surface area contributed by atoms with Crippen LogP contribution in [0.5, 0.6) is 0 Å². The minimum Gasteiger partial charge on any atom is -0.298 e. The van der Waals surface area contributed by atoms with Gasteiger partial charge in [0.15, 0.2) is 0 Å². The maximum Gasteiger partial charge on any atom is 0.124 e. The summed E-state index contributed by atoms with van der Waals surface area (Å²) in [6.45, 7) is 1.31. The summed E-state index contributed by atoms with van der Waals surface area (Å²) >= 11 is 5.84. The SMILES string of the molecule is CN(Cc1ccc(Cl)cc1)Cc1cc(F)cc(C#N)c1. The van der Waals surface area contributed by atoms with Crippen LogP contribution < -0.4 is 0 Å². The van der Waals surface area contributed by atoms with Crippen LogP contribution in [0.1, 0.15) is 16.7 Å². The first-order valence-electron chi connectivity index (χ1n) is 6.19. The van der Waals surface area contributed by atoms with Crippen molar-refractivity contribution in [3.8, 4) is 6.07 Å². The fourth-order valence-corrected chi connectivity index (χ4v) is 2.20. The Morgan fingerprint density at radius 3 is 2.40 bits per heavy atom. The van der Waals surface area contributed by atoms with Crippen molar-refractivity contribution in [3.63, 3.8) is 0 Å². The van der Waals surface area contributed by atoms with Gasteiger partial charge in [0.25, 0.3) is 0 Å². The molecule has 0 unspecified atom stereocenters. The van der Waals surface area contributed by atoms with Crippen molar-refractivity contribution >= 4 is 11.6 Å². The Morgan fingerprint density at radius 2 is 1.75 bits per heavy atom. The van der Waals surface area contributed by atoms with Gasteiger partial charge in [-0.05, 0) is 48.5 Å². The van der Waals surface area contributed by atoms with Crippen LogP contribution in [0.2, 0.25) is 5.02 Å². The van der Waals surface area contributed by atoms with E-state index in [0.717, 1.165) is 17.7 Å². The predicted octanol–water partition coefficient (Wildman–Crippen LogP) is 3.98. The van der Waals surface area contributed by atoms with Gasteiger partial charge in [-0.2, -0.15) is 5.26 Å². The Kier molecular flexibility index (Phi) is 4.73. The number of nitrogens with zero attached hydrogens (tertiary/aromatic N) is 2. The normalized spacial score (nSPS) is 10.6. The van der Waals surface area contributed by atoms with Crippen molar-refractivity contribution in [2.45, 2.75) is 13.1 Å². The van der Waals surface area contributed by atoms with Crippen LogP contribution in [0.4, 0.5) is 4.39 Å². The lowest BCUT2D eigenvalue weighted by atomic mass is 10.1. The van der Waals surface area contributed by atoms with Gasteiger partial charge in [-0.15, -0.1) is 0 Å². The van der Waals surface area contributed by atoms with Gasteiger partial charge in [-0.1, -0.05) is 23.7 Å². The van der Waals surface area contributed by atoms with Crippen molar-refractivity contribution < 1.29 is 4.39 Å². The molecule has 0 saturated carbocycles. The summed E-state index contributed by atoms with van der Waals surface area (Å²) in [7, 11) is 1.95. The van der Waals surface area contributed by atoms with E-state index in [1.165, 1.54) is 12.1 Å². The zero-order chi connectivity index (χ0) is 14.5. The van der Waals surface area contributed by atoms with E-state index in [4.69, 9.17) is 16.9 Å². The lowest BCUT2D eigenvalue weighted by Gasteiger charge is -2.17. The molecule has 0 aliphatic carbocycles. The summed E-state index contributed by atoms with van der Waals surface area (Å²) in [6.07, 6.45) is 0. The predicted molar refractivity (Wildman–Crippen MR) is 77.7 cm³/mol. The third-order valence-electron chi connectivity index (χ3n) is 2.90. The molecule has 2 aromatic carbocycles. The molecule has 0 aromatic heterocycles. The first kappa shape index (κ1) is 14.5. The third-order valence-corrected chi connectivity index (χ3v) is 3.16. The van der Waals surface area contributed by atoms with Crippen molar-refractivity contribution in [2.24, 2.45) is 0 Å². The van der Waals surface area contributed by atoms with Crippen LogP contribution in [0.15, 0.2) is 42.5 Å². The van der Waals surface area contributed by atoms with Crippen LogP contribution in [0.3, 0.4) is 0 Å². The van der Waals surface area contributed by atoms with E-state index in [1.807, 2.05) is 37.4 Å². The topological polar surface area (TPSA) is 27.0 Å². The Labute approximate surface area is 123 Å². The highest BCUT2D eigenvalue weighted by atomic mass is 35.5. The van der Waals surface area contributed by atoms with E-state index in [9.17, 15) is 4.39 Å². The Balaban J connectivity index is 2.04. The summed E-state index contributed by atoms with van der Waals surface area (Å²) < 4.78 is 13.4. The zero-order valence-corrected chi connectivity index (χ0v) is 11.9. The number of hydrogen-bond donors (Lipinski definition) is 0. The fraction of sp³-hybridized carbons (Fsp3) is 0.188. The van der Waals surface area contributed by atoms with E-state index in [2.05, 4.69) is 4.90 Å². The highest BCUT2D eigenvalue weighted by molar-refractivity contribution is 6.30. The van der Waals surface area contributed by atoms with E-state index < -0.39 is 0 Å². The van der Waals surface area contributed by atoms with E-state index in [1.54, 1.807) is 6.07 Å². The highest BCUT2D eigenvalue weighted by Gasteiger charge is 2.05. The van der Waals surface area contributed by atoms with Gasteiger partial charge in [0, 0.05) is 18.1 Å². The molecule has 2 nitrogen and oxygen atoms in total. The average Bonchev–Trinajstić information content (AvgIpc) is 2.40. The van der Waals surface area contributed by atoms with Gasteiger partial charge in [-0.3, -0.25) is 4.90 Å². The first-order valence-corrected chi connectivity index (χ1v) is 6.57. The molecule has 0 heterocycles. The molecule has 0 spiro atoms. The molecular formula is C16H14ClFN2. The summed E-state index contributed by atoms with van der Waals surface area (Å²) in [6, 6.07) is 14.0. The molecule has 0 radical (unpaired) electrons. The van der Waals surface area contributed by atoms with Gasteiger partial charge in [0.1, 0.15) is 5.82 Å². The van der Waals surface area contributed by atoms with E-state index in [0.29, 0.717) is 17.1 Å². The van der Waals surface area contributed by atoms with Crippen LogP contribution in [-0.4, -0.2) is 11.9 Å². The summed E-state index contributed by atoms with van der Waals surface area (Å²) in [5.74, 6) is -0.376. The van der Waals surface area contributed by atoms with Crippen LogP contribution >= 0.6 is 11.6 Å². The molecule has 0 amide bonds. The highest BCUT2D eigenvalue weighted by Crippen LogP contribution is 2.14. The third kappa shape index (κ3) is 4.06. The maximum absolute atomic E-state index is 13.4. The smallest absolute Gasteiger partial charge is 0.124 e. The summed E-state index contributed by atoms with van der Waals surface area (Å²) in [5, 5.41) is 9.55. The molecule has 0 fully saturated rings. The van der Waals surface area contributed by atoms with Gasteiger partial charge in [-0.25, -0.2) is 4.39 Å². The zero-order valence-electron chi connectivity index (χ0n) is 11.1. The molecule has 2 rings (SSSR count). The standard InChI is InChI=1S/C16H14ClFN2/c1-20(10-12-2-4-15(17)5-3-12)11-14-6-13(9-19)7-16(18)8-14/h2-8H,10-11H2,1H3. The number of hydrogen-bond acceptors (Lipinski definition) is 2. The average molecular weight is 289 g/mol. The molecule has 0 N–H and O–H groups in total. The molecule has 0 aliphatic heterocycles. The molecule has 0 saturated heterocycles. The Hall–Kier alpha value is -1.89. The molecule has 4 heteroatoms. The van der Waals surface area contributed by atoms with Crippen molar-refractivity contribution in [2.75, 3.05) is 7.05 Å². The number of benzene rings is 2. The second kappa shape index (κ2) is 6.51. The molecule has 102 valence electrons. The second-order valence-electron chi connectivity index (χ2n) is 4.76. The Bertz CT molecular complexity index is 632. The van der Waals surface area contributed by atoms with Crippen LogP contribution in [0.25, 0.3) is 0 Å². The fourth-order valence-electron chi connectivity index (χ4n) is 2.08. The summed E-state index contributed by atoms with van der Waals surface area (Å²) in [5.41, 5.74) is 2.27. The summed E-state index contributed by atoms with van der Waals surface area (Å²) in [4.78, 5) is 2.05. The molecule has 2 aromatic rings. The quantitative estimate of drug-likeness (QED) is 0.851. The molecule has 0 bridgehead atoms. The maximum atomic E-state index is 13.4. The van der Waals surface area contributed by atoms with E-state index in [-0.39, 0.29) is 5.82 Å². The number of nitriles is 1. The van der Waals surface area contributed by atoms with Crippen molar-refractivity contribution in [3.05, 3.63) is 70.0 Å². The lowest BCUT2D eigenvalue weighted by molar-refractivity contribution is 0.318. The van der Waals surface area contributed by atoms with Gasteiger partial charge < -0.3 is 0 Å². The van der Waals surface area contributed by atoms with Crippen LogP contribution in [0, 0.1) is 17.1 Å². The number of rotatable bonds is 4. The minimum atomic E-state index is -0.376. The van der Waals surface area contributed by atoms with Gasteiger partial charge >= 0.3 is 0 Å². The largest absolute Gasteiger partial charge is 0.298 e. The second-order valence-corrected chi connectivity index (χ2v) is 5.20. The monoisotopic (exact) mass is 288 g/mol. The first-order chi connectivity index (χ1) is 9.56. The van der Waals surface area contributed by atoms with E-state index >= 15 is 0 Å².